The molecule has 0 spiro atoms. The minimum atomic E-state index is -1.30. The number of allylic oxidation sites excluding steroid dienone is 2. The molecule has 0 unspecified atom stereocenters. The molecule has 59 heavy (non-hydrogen) atoms. The van der Waals surface area contributed by atoms with E-state index >= 15 is 0 Å². The summed E-state index contributed by atoms with van der Waals surface area (Å²) in [7, 11) is 3.18. The van der Waals surface area contributed by atoms with Crippen LogP contribution in [0.5, 0.6) is 11.5 Å². The number of aliphatic hydroxyl groups is 2. The smallest absolute Gasteiger partial charge is 0.227 e. The van der Waals surface area contributed by atoms with E-state index in [-0.39, 0.29) is 35.8 Å². The molecule has 2 N–H and O–H groups in total. The highest BCUT2D eigenvalue weighted by atomic mass is 19.2. The van der Waals surface area contributed by atoms with Gasteiger partial charge in [0.2, 0.25) is 5.91 Å². The lowest BCUT2D eigenvalue weighted by atomic mass is 9.49. The number of benzene rings is 3. The topological polar surface area (TPSA) is 96.3 Å². The quantitative estimate of drug-likeness (QED) is 0.157. The number of halogens is 2. The molecule has 3 aromatic carbocycles. The van der Waals surface area contributed by atoms with Crippen molar-refractivity contribution >= 4 is 11.7 Å². The first kappa shape index (κ1) is 41.6. The van der Waals surface area contributed by atoms with E-state index in [0.29, 0.717) is 86.3 Å². The van der Waals surface area contributed by atoms with Crippen molar-refractivity contribution < 1.29 is 38.1 Å². The lowest BCUT2D eigenvalue weighted by Crippen LogP contribution is -2.58. The SMILES string of the molecule is COc1ccc(CC(=O)N(CC23CC4CC(CC(C4)C2)C3)C[C@]2(O)CC[C@H]3c4ccc(cc4C(=O)c4ccc(F)c(F)c4)C[C@@H](O)CCC(C)=CCC[C@@]32C)cc1OC. The van der Waals surface area contributed by atoms with Crippen LogP contribution in [0.25, 0.3) is 0 Å². The molecule has 0 radical (unpaired) electrons. The van der Waals surface area contributed by atoms with Gasteiger partial charge in [0.1, 0.15) is 0 Å². The van der Waals surface area contributed by atoms with Crippen LogP contribution in [0.4, 0.5) is 8.78 Å². The van der Waals surface area contributed by atoms with Crippen LogP contribution in [0.3, 0.4) is 0 Å². The Balaban J connectivity index is 1.18. The third kappa shape index (κ3) is 8.23. The van der Waals surface area contributed by atoms with Crippen molar-refractivity contribution in [1.29, 1.82) is 0 Å². The van der Waals surface area contributed by atoms with Gasteiger partial charge in [0.15, 0.2) is 28.9 Å². The molecule has 3 aromatic rings. The maximum absolute atomic E-state index is 14.9. The van der Waals surface area contributed by atoms with E-state index in [1.165, 1.54) is 30.9 Å². The molecule has 5 saturated carbocycles. The highest BCUT2D eigenvalue weighted by Gasteiger charge is 2.59. The van der Waals surface area contributed by atoms with Gasteiger partial charge in [-0.05, 0) is 173 Å². The van der Waals surface area contributed by atoms with Crippen molar-refractivity contribution in [3.8, 4) is 11.5 Å². The van der Waals surface area contributed by atoms with E-state index in [0.717, 1.165) is 48.1 Å². The van der Waals surface area contributed by atoms with Gasteiger partial charge in [-0.15, -0.1) is 0 Å². The molecular weight excluding hydrogens is 749 g/mol. The summed E-state index contributed by atoms with van der Waals surface area (Å²) in [5.74, 6) is 0.403. The summed E-state index contributed by atoms with van der Waals surface area (Å²) >= 11 is 0. The monoisotopic (exact) mass is 809 g/mol. The largest absolute Gasteiger partial charge is 0.493 e. The number of fused-ring (bicyclic) bond motifs is 8. The number of nitrogens with zero attached hydrogens (tertiary/aromatic N) is 1. The first-order valence-corrected chi connectivity index (χ1v) is 21.9. The zero-order valence-corrected chi connectivity index (χ0v) is 35.2. The van der Waals surface area contributed by atoms with Gasteiger partial charge in [0.05, 0.1) is 32.3 Å². The number of rotatable bonds is 10. The summed E-state index contributed by atoms with van der Waals surface area (Å²) in [6.07, 6.45) is 12.9. The van der Waals surface area contributed by atoms with Gasteiger partial charge in [-0.1, -0.05) is 36.8 Å². The Kier molecular flexibility index (Phi) is 11.6. The van der Waals surface area contributed by atoms with E-state index in [9.17, 15) is 28.6 Å². The Morgan fingerprint density at radius 2 is 1.56 bits per heavy atom. The van der Waals surface area contributed by atoms with Crippen molar-refractivity contribution in [2.45, 2.75) is 121 Å². The molecule has 5 fully saturated rings. The van der Waals surface area contributed by atoms with Crippen LogP contribution in [0.1, 0.15) is 129 Å². The third-order valence-corrected chi connectivity index (χ3v) is 15.4. The van der Waals surface area contributed by atoms with Gasteiger partial charge in [0, 0.05) is 29.6 Å². The molecule has 316 valence electrons. The highest BCUT2D eigenvalue weighted by molar-refractivity contribution is 6.10. The third-order valence-electron chi connectivity index (χ3n) is 15.4. The molecule has 0 saturated heterocycles. The maximum Gasteiger partial charge on any atom is 0.227 e. The van der Waals surface area contributed by atoms with Crippen LogP contribution in [0, 0.1) is 40.2 Å². The van der Waals surface area contributed by atoms with Crippen molar-refractivity contribution in [2.24, 2.45) is 28.6 Å². The van der Waals surface area contributed by atoms with Crippen molar-refractivity contribution in [3.05, 3.63) is 106 Å². The number of hydrogen-bond acceptors (Lipinski definition) is 6. The number of hydrogen-bond donors (Lipinski definition) is 2. The van der Waals surface area contributed by atoms with E-state index in [4.69, 9.17) is 9.47 Å². The van der Waals surface area contributed by atoms with Crippen LogP contribution in [-0.4, -0.2) is 65.8 Å². The Morgan fingerprint density at radius 1 is 0.847 bits per heavy atom. The summed E-state index contributed by atoms with van der Waals surface area (Å²) in [6, 6.07) is 14.6. The summed E-state index contributed by atoms with van der Waals surface area (Å²) in [4.78, 5) is 31.3. The molecule has 0 aromatic heterocycles. The maximum atomic E-state index is 14.9. The zero-order valence-electron chi connectivity index (χ0n) is 35.2. The number of carbonyl (C=O) groups is 2. The van der Waals surface area contributed by atoms with Crippen molar-refractivity contribution in [3.63, 3.8) is 0 Å². The molecule has 10 rings (SSSR count). The van der Waals surface area contributed by atoms with Gasteiger partial charge < -0.3 is 24.6 Å². The van der Waals surface area contributed by atoms with Crippen LogP contribution < -0.4 is 9.47 Å². The number of ether oxygens (including phenoxy) is 2. The predicted octanol–water partition coefficient (Wildman–Crippen LogP) is 9.54. The van der Waals surface area contributed by atoms with E-state index in [1.807, 2.05) is 35.2 Å². The van der Waals surface area contributed by atoms with Crippen LogP contribution >= 0.6 is 0 Å². The van der Waals surface area contributed by atoms with Crippen LogP contribution in [-0.2, 0) is 17.6 Å². The molecule has 1 amide bonds. The predicted molar refractivity (Wildman–Crippen MR) is 224 cm³/mol. The second kappa shape index (κ2) is 16.4. The number of carbonyl (C=O) groups excluding carboxylic acids is 2. The minimum Gasteiger partial charge on any atom is -0.493 e. The Labute approximate surface area is 348 Å². The van der Waals surface area contributed by atoms with Gasteiger partial charge in [-0.3, -0.25) is 9.59 Å². The summed E-state index contributed by atoms with van der Waals surface area (Å²) in [6.45, 7) is 5.01. The van der Waals surface area contributed by atoms with Gasteiger partial charge in [-0.2, -0.15) is 0 Å². The Hall–Kier alpha value is -4.08. The van der Waals surface area contributed by atoms with Crippen LogP contribution in [0.2, 0.25) is 0 Å². The fourth-order valence-electron chi connectivity index (χ4n) is 12.7. The average molecular weight is 810 g/mol. The normalized spacial score (nSPS) is 31.3. The molecule has 7 aliphatic rings. The van der Waals surface area contributed by atoms with Gasteiger partial charge >= 0.3 is 0 Å². The Morgan fingerprint density at radius 3 is 2.24 bits per heavy atom. The standard InChI is InChI=1S/C50H61F2NO6/c1-31-6-5-16-48(2)41(39-12-8-32(21-38(54)11-7-31)22-40(39)47(56)37-10-13-42(51)43(52)25-37)15-17-50(48,57)30-53(29-49-26-34-18-35(27-49)20-36(19-34)28-49)46(55)24-33-9-14-44(58-3)45(23-33)59-4/h6,8-10,12-14,22-23,25,34-36,38,41,54,57H,5,7,11,15-21,24,26-30H2,1-4H3/t34?,35?,36?,38-,41-,48-,49?,50+/m0/s1. The number of ketones is 1. The number of aliphatic hydroxyl groups excluding tert-OH is 1. The summed E-state index contributed by atoms with van der Waals surface area (Å²) < 4.78 is 39.7. The second-order valence-corrected chi connectivity index (χ2v) is 19.4. The lowest BCUT2D eigenvalue weighted by molar-refractivity contribution is -0.148. The van der Waals surface area contributed by atoms with Crippen molar-refractivity contribution in [1.82, 2.24) is 4.90 Å². The highest BCUT2D eigenvalue weighted by Crippen LogP contribution is 2.62. The number of methoxy groups -OCH3 is 2. The van der Waals surface area contributed by atoms with Gasteiger partial charge in [-0.25, -0.2) is 8.78 Å². The molecule has 4 atom stereocenters. The van der Waals surface area contributed by atoms with Gasteiger partial charge in [0.25, 0.3) is 0 Å². The summed E-state index contributed by atoms with van der Waals surface area (Å²) in [5, 5.41) is 24.4. The molecule has 6 bridgehead atoms. The first-order valence-electron chi connectivity index (χ1n) is 21.9. The lowest BCUT2D eigenvalue weighted by Gasteiger charge is -2.58. The molecular formula is C50H61F2NO6. The molecule has 7 nitrogen and oxygen atoms in total. The van der Waals surface area contributed by atoms with E-state index in [2.05, 4.69) is 19.9 Å². The zero-order chi connectivity index (χ0) is 41.7. The molecule has 7 aliphatic carbocycles. The first-order chi connectivity index (χ1) is 28.2. The van der Waals surface area contributed by atoms with Crippen LogP contribution in [0.15, 0.2) is 66.2 Å². The van der Waals surface area contributed by atoms with Crippen molar-refractivity contribution in [2.75, 3.05) is 27.3 Å². The Bertz CT molecular complexity index is 2080. The summed E-state index contributed by atoms with van der Waals surface area (Å²) in [5.41, 5.74) is 1.89. The fourth-order valence-corrected chi connectivity index (χ4v) is 12.7. The molecule has 0 aliphatic heterocycles. The second-order valence-electron chi connectivity index (χ2n) is 19.4. The van der Waals surface area contributed by atoms with E-state index in [1.54, 1.807) is 20.3 Å². The average Bonchev–Trinajstić information content (AvgIpc) is 3.45. The molecule has 0 heterocycles. The minimum absolute atomic E-state index is 0.0258. The van der Waals surface area contributed by atoms with E-state index < -0.39 is 34.5 Å². The molecule has 9 heteroatoms. The number of amides is 1. The fraction of sp³-hybridized carbons (Fsp3) is 0.560.